The standard InChI is InChI=1S/C24H27N3O/c1-19(21-11-7-4-8-12-21)25-22-13-15-23(16-14-22)26-24(28)18-27(2)17-20-9-5-3-6-10-20/h3-16,19,25H,17-18H2,1-2H3,(H,26,28). The number of carbonyl (C=O) groups excluding carboxylic acids is 1. The number of amides is 1. The van der Waals surface area contributed by atoms with Crippen molar-refractivity contribution in [2.24, 2.45) is 0 Å². The van der Waals surface area contributed by atoms with Crippen molar-refractivity contribution < 1.29 is 4.79 Å². The van der Waals surface area contributed by atoms with Gasteiger partial charge in [0, 0.05) is 24.0 Å². The lowest BCUT2D eigenvalue weighted by Crippen LogP contribution is -2.29. The third-order valence-electron chi connectivity index (χ3n) is 4.56. The molecule has 3 aromatic rings. The molecule has 0 saturated carbocycles. The molecule has 28 heavy (non-hydrogen) atoms. The number of benzene rings is 3. The first kappa shape index (κ1) is 19.6. The SMILES string of the molecule is CC(Nc1ccc(NC(=O)CN(C)Cc2ccccc2)cc1)c1ccccc1. The van der Waals surface area contributed by atoms with Gasteiger partial charge in [0.1, 0.15) is 0 Å². The zero-order valence-corrected chi connectivity index (χ0v) is 16.4. The van der Waals surface area contributed by atoms with Crippen LogP contribution in [0.4, 0.5) is 11.4 Å². The lowest BCUT2D eigenvalue weighted by atomic mass is 10.1. The minimum absolute atomic E-state index is 0.0169. The van der Waals surface area contributed by atoms with Gasteiger partial charge >= 0.3 is 0 Å². The zero-order valence-electron chi connectivity index (χ0n) is 16.4. The van der Waals surface area contributed by atoms with Crippen molar-refractivity contribution >= 4 is 17.3 Å². The number of carbonyl (C=O) groups is 1. The van der Waals surface area contributed by atoms with Crippen LogP contribution < -0.4 is 10.6 Å². The molecule has 0 aliphatic carbocycles. The summed E-state index contributed by atoms with van der Waals surface area (Å²) in [7, 11) is 1.95. The first-order valence-corrected chi connectivity index (χ1v) is 9.54. The maximum Gasteiger partial charge on any atom is 0.238 e. The molecule has 0 fully saturated rings. The van der Waals surface area contributed by atoms with Gasteiger partial charge < -0.3 is 10.6 Å². The van der Waals surface area contributed by atoms with Crippen LogP contribution in [0.1, 0.15) is 24.1 Å². The van der Waals surface area contributed by atoms with Crippen LogP contribution in [-0.2, 0) is 11.3 Å². The van der Waals surface area contributed by atoms with Gasteiger partial charge in [-0.25, -0.2) is 0 Å². The molecule has 3 rings (SSSR count). The molecular formula is C24H27N3O. The second kappa shape index (κ2) is 9.72. The van der Waals surface area contributed by atoms with Gasteiger partial charge in [-0.2, -0.15) is 0 Å². The lowest BCUT2D eigenvalue weighted by molar-refractivity contribution is -0.117. The fraction of sp³-hybridized carbons (Fsp3) is 0.208. The Bertz CT molecular complexity index is 863. The molecule has 0 aromatic heterocycles. The van der Waals surface area contributed by atoms with E-state index in [1.54, 1.807) is 0 Å². The summed E-state index contributed by atoms with van der Waals surface area (Å²) in [6, 6.07) is 28.5. The second-order valence-electron chi connectivity index (χ2n) is 7.06. The molecule has 0 aliphatic heterocycles. The van der Waals surface area contributed by atoms with Crippen LogP contribution in [-0.4, -0.2) is 24.4 Å². The molecule has 0 bridgehead atoms. The highest BCUT2D eigenvalue weighted by Crippen LogP contribution is 2.20. The zero-order chi connectivity index (χ0) is 19.8. The van der Waals surface area contributed by atoms with Crippen LogP contribution in [0.15, 0.2) is 84.9 Å². The van der Waals surface area contributed by atoms with E-state index in [-0.39, 0.29) is 11.9 Å². The van der Waals surface area contributed by atoms with E-state index in [9.17, 15) is 4.79 Å². The summed E-state index contributed by atoms with van der Waals surface area (Å²) in [5.74, 6) is -0.0169. The summed E-state index contributed by atoms with van der Waals surface area (Å²) in [6.45, 7) is 3.22. The number of nitrogens with zero attached hydrogens (tertiary/aromatic N) is 1. The Hall–Kier alpha value is -3.11. The van der Waals surface area contributed by atoms with Crippen molar-refractivity contribution in [2.75, 3.05) is 24.2 Å². The largest absolute Gasteiger partial charge is 0.379 e. The molecule has 0 saturated heterocycles. The van der Waals surface area contributed by atoms with Crippen LogP contribution in [0.3, 0.4) is 0 Å². The topological polar surface area (TPSA) is 44.4 Å². The Morgan fingerprint density at radius 1 is 0.857 bits per heavy atom. The summed E-state index contributed by atoms with van der Waals surface area (Å²) in [5, 5.41) is 6.44. The summed E-state index contributed by atoms with van der Waals surface area (Å²) in [6.07, 6.45) is 0. The van der Waals surface area contributed by atoms with Crippen LogP contribution >= 0.6 is 0 Å². The molecule has 1 unspecified atom stereocenters. The summed E-state index contributed by atoms with van der Waals surface area (Å²) < 4.78 is 0. The highest BCUT2D eigenvalue weighted by atomic mass is 16.2. The maximum atomic E-state index is 12.3. The average Bonchev–Trinajstić information content (AvgIpc) is 2.70. The molecule has 0 spiro atoms. The van der Waals surface area contributed by atoms with Gasteiger partial charge in [-0.05, 0) is 49.4 Å². The van der Waals surface area contributed by atoms with Gasteiger partial charge in [0.2, 0.25) is 5.91 Å². The predicted molar refractivity (Wildman–Crippen MR) is 116 cm³/mol. The van der Waals surface area contributed by atoms with E-state index in [0.29, 0.717) is 6.54 Å². The number of nitrogens with one attached hydrogen (secondary N) is 2. The van der Waals surface area contributed by atoms with Gasteiger partial charge in [0.05, 0.1) is 6.54 Å². The van der Waals surface area contributed by atoms with Gasteiger partial charge in [0.15, 0.2) is 0 Å². The Morgan fingerprint density at radius 3 is 2.07 bits per heavy atom. The van der Waals surface area contributed by atoms with Gasteiger partial charge in [-0.3, -0.25) is 9.69 Å². The quantitative estimate of drug-likeness (QED) is 0.588. The van der Waals surface area contributed by atoms with Crippen LogP contribution in [0.25, 0.3) is 0 Å². The first-order valence-electron chi connectivity index (χ1n) is 9.54. The van der Waals surface area contributed by atoms with Gasteiger partial charge in [0.25, 0.3) is 0 Å². The van der Waals surface area contributed by atoms with E-state index in [1.807, 2.05) is 72.6 Å². The van der Waals surface area contributed by atoms with E-state index in [0.717, 1.165) is 17.9 Å². The number of anilines is 2. The Morgan fingerprint density at radius 2 is 1.43 bits per heavy atom. The molecule has 144 valence electrons. The van der Waals surface area contributed by atoms with Crippen molar-refractivity contribution in [1.29, 1.82) is 0 Å². The molecule has 0 heterocycles. The smallest absolute Gasteiger partial charge is 0.238 e. The van der Waals surface area contributed by atoms with Crippen molar-refractivity contribution in [2.45, 2.75) is 19.5 Å². The molecule has 1 amide bonds. The predicted octanol–water partition coefficient (Wildman–Crippen LogP) is 4.93. The summed E-state index contributed by atoms with van der Waals surface area (Å²) >= 11 is 0. The molecule has 3 aromatic carbocycles. The number of likely N-dealkylation sites (N-methyl/N-ethyl adjacent to an activating group) is 1. The van der Waals surface area contributed by atoms with Gasteiger partial charge in [-0.1, -0.05) is 60.7 Å². The van der Waals surface area contributed by atoms with Crippen LogP contribution in [0, 0.1) is 0 Å². The Balaban J connectivity index is 1.49. The molecule has 1 atom stereocenters. The summed E-state index contributed by atoms with van der Waals surface area (Å²) in [5.41, 5.74) is 4.26. The van der Waals surface area contributed by atoms with E-state index < -0.39 is 0 Å². The Labute approximate surface area is 167 Å². The molecule has 0 aliphatic rings. The highest BCUT2D eigenvalue weighted by Gasteiger charge is 2.08. The first-order chi connectivity index (χ1) is 13.6. The number of rotatable bonds is 8. The molecular weight excluding hydrogens is 346 g/mol. The third-order valence-corrected chi connectivity index (χ3v) is 4.56. The van der Waals surface area contributed by atoms with Crippen molar-refractivity contribution in [3.05, 3.63) is 96.1 Å². The molecule has 0 radical (unpaired) electrons. The molecule has 4 nitrogen and oxygen atoms in total. The van der Waals surface area contributed by atoms with Crippen molar-refractivity contribution in [1.82, 2.24) is 4.90 Å². The van der Waals surface area contributed by atoms with Crippen molar-refractivity contribution in [3.63, 3.8) is 0 Å². The van der Waals surface area contributed by atoms with E-state index in [2.05, 4.69) is 41.8 Å². The fourth-order valence-corrected chi connectivity index (χ4v) is 3.12. The monoisotopic (exact) mass is 373 g/mol. The number of hydrogen-bond donors (Lipinski definition) is 2. The highest BCUT2D eigenvalue weighted by molar-refractivity contribution is 5.92. The second-order valence-corrected chi connectivity index (χ2v) is 7.06. The average molecular weight is 374 g/mol. The molecule has 4 heteroatoms. The van der Waals surface area contributed by atoms with Gasteiger partial charge in [-0.15, -0.1) is 0 Å². The van der Waals surface area contributed by atoms with E-state index >= 15 is 0 Å². The number of hydrogen-bond acceptors (Lipinski definition) is 3. The van der Waals surface area contributed by atoms with Crippen LogP contribution in [0.2, 0.25) is 0 Å². The maximum absolute atomic E-state index is 12.3. The van der Waals surface area contributed by atoms with E-state index in [1.165, 1.54) is 11.1 Å². The van der Waals surface area contributed by atoms with Crippen molar-refractivity contribution in [3.8, 4) is 0 Å². The van der Waals surface area contributed by atoms with Crippen LogP contribution in [0.5, 0.6) is 0 Å². The van der Waals surface area contributed by atoms with E-state index in [4.69, 9.17) is 0 Å². The molecule has 2 N–H and O–H groups in total. The third kappa shape index (κ3) is 5.96. The normalized spacial score (nSPS) is 11.8. The summed E-state index contributed by atoms with van der Waals surface area (Å²) in [4.78, 5) is 14.3. The lowest BCUT2D eigenvalue weighted by Gasteiger charge is -2.17. The minimum Gasteiger partial charge on any atom is -0.379 e. The fourth-order valence-electron chi connectivity index (χ4n) is 3.12. The Kier molecular flexibility index (Phi) is 6.82. The minimum atomic E-state index is -0.0169.